The Hall–Kier alpha value is -5.89. The van der Waals surface area contributed by atoms with E-state index in [-0.39, 0.29) is 47.8 Å². The number of hydrogen-bond acceptors (Lipinski definition) is 7. The number of carbonyl (C=O) groups is 4. The van der Waals surface area contributed by atoms with Crippen molar-refractivity contribution in [2.45, 2.75) is 89.6 Å². The van der Waals surface area contributed by atoms with Crippen LogP contribution in [0.3, 0.4) is 0 Å². The van der Waals surface area contributed by atoms with E-state index >= 15 is 0 Å². The van der Waals surface area contributed by atoms with Crippen molar-refractivity contribution in [2.75, 3.05) is 14.2 Å². The summed E-state index contributed by atoms with van der Waals surface area (Å²) in [7, 11) is 2.75. The minimum Gasteiger partial charge on any atom is -0.465 e. The van der Waals surface area contributed by atoms with E-state index in [9.17, 15) is 24.3 Å². The van der Waals surface area contributed by atoms with Gasteiger partial charge < -0.3 is 34.9 Å². The van der Waals surface area contributed by atoms with Crippen LogP contribution in [0.4, 0.5) is 9.59 Å². The molecule has 9 rings (SSSR count). The molecule has 4 N–H and O–H groups in total. The monoisotopic (exact) mass is 846 g/mol. The summed E-state index contributed by atoms with van der Waals surface area (Å²) in [6.07, 6.45) is 3.61. The zero-order chi connectivity index (χ0) is 43.0. The topological polar surface area (TPSA) is 177 Å². The summed E-state index contributed by atoms with van der Waals surface area (Å²) in [6.45, 7) is 7.57. The molecular weight excluding hydrogens is 796 g/mol. The number of imidazole rings is 2. The number of piperidine rings is 2. The molecule has 5 aromatic rings. The first kappa shape index (κ1) is 40.5. The van der Waals surface area contributed by atoms with Gasteiger partial charge in [0.05, 0.1) is 30.6 Å². The van der Waals surface area contributed by atoms with Gasteiger partial charge in [0.2, 0.25) is 11.8 Å². The Labute approximate surface area is 359 Å². The van der Waals surface area contributed by atoms with Crippen LogP contribution in [0.5, 0.6) is 0 Å². The second-order valence-corrected chi connectivity index (χ2v) is 18.2. The SMILES string of the molecule is COC(=O)N[C@H](C(=O)N1[C@@H]2C[C@H]2C[C@H]1c1nc(-c2ccc(-c3ccc4cc(-c5[nH]c([C@@H]6C[C@H]7C[C@H]7N6C(=O)[C@H](C(C)C)N(C)C(=O)O)nc5Cl)ccc4c3)cc2)c[nH]1)C(C)C. The molecule has 3 aromatic carbocycles. The van der Waals surface area contributed by atoms with Gasteiger partial charge in [-0.05, 0) is 83.4 Å². The molecule has 4 amide bonds. The van der Waals surface area contributed by atoms with E-state index in [1.165, 1.54) is 14.2 Å². The smallest absolute Gasteiger partial charge is 0.407 e. The minimum absolute atomic E-state index is 0.0809. The number of fused-ring (bicyclic) bond motifs is 3. The molecule has 4 heterocycles. The molecule has 2 saturated heterocycles. The summed E-state index contributed by atoms with van der Waals surface area (Å²) in [5, 5.41) is 14.9. The standard InChI is InChI=1S/C46H51ClN8O6/c1-22(2)37(51-45(58)61-6)43(56)54-33-17-30(33)19-35(54)41-48-21-32(49-41)25-9-7-24(8-10-25)26-11-12-28-16-29(14-13-27(28)15-26)38-40(47)52-42(50-38)36-20-31-18-34(31)55(36)44(57)39(23(3)4)53(5)46(59)60/h7-16,21-23,30-31,33-37,39H,17-20H2,1-6H3,(H,48,49)(H,50,52)(H,51,58)(H,59,60)/t30-,31+,33+,34+,35-,36-,37-,39-/m0/s1. The van der Waals surface area contributed by atoms with Gasteiger partial charge in [0.15, 0.2) is 5.15 Å². The molecule has 0 unspecified atom stereocenters. The van der Waals surface area contributed by atoms with E-state index in [2.05, 4.69) is 69.9 Å². The maximum Gasteiger partial charge on any atom is 0.407 e. The number of amides is 4. The van der Waals surface area contributed by atoms with Gasteiger partial charge in [0, 0.05) is 36.5 Å². The molecule has 14 nitrogen and oxygen atoms in total. The van der Waals surface area contributed by atoms with Crippen molar-refractivity contribution in [3.63, 3.8) is 0 Å². The van der Waals surface area contributed by atoms with Gasteiger partial charge in [-0.15, -0.1) is 0 Å². The fraction of sp³-hybridized carbons (Fsp3) is 0.435. The summed E-state index contributed by atoms with van der Waals surface area (Å²) in [5.74, 6) is 1.57. The first-order valence-corrected chi connectivity index (χ1v) is 21.5. The van der Waals surface area contributed by atoms with E-state index < -0.39 is 24.3 Å². The number of alkyl carbamates (subject to hydrolysis) is 1. The number of benzene rings is 3. The zero-order valence-corrected chi connectivity index (χ0v) is 35.8. The molecule has 0 spiro atoms. The van der Waals surface area contributed by atoms with Gasteiger partial charge in [0.1, 0.15) is 23.7 Å². The van der Waals surface area contributed by atoms with Crippen LogP contribution in [0.25, 0.3) is 44.4 Å². The number of aromatic amines is 2. The highest BCUT2D eigenvalue weighted by Crippen LogP contribution is 2.55. The maximum absolute atomic E-state index is 13.9. The molecule has 2 aliphatic heterocycles. The van der Waals surface area contributed by atoms with Gasteiger partial charge in [-0.25, -0.2) is 19.6 Å². The van der Waals surface area contributed by atoms with Crippen LogP contribution in [-0.2, 0) is 14.3 Å². The average Bonchev–Trinajstić information content (AvgIpc) is 3.88. The van der Waals surface area contributed by atoms with Crippen LogP contribution in [0, 0.1) is 23.7 Å². The van der Waals surface area contributed by atoms with E-state index in [0.717, 1.165) is 75.1 Å². The number of carboxylic acid groups (broad SMARTS) is 1. The summed E-state index contributed by atoms with van der Waals surface area (Å²) in [4.78, 5) is 73.0. The largest absolute Gasteiger partial charge is 0.465 e. The fourth-order valence-electron chi connectivity index (χ4n) is 9.85. The number of hydrogen-bond donors (Lipinski definition) is 4. The van der Waals surface area contributed by atoms with E-state index in [4.69, 9.17) is 26.3 Å². The van der Waals surface area contributed by atoms with E-state index in [1.54, 1.807) is 0 Å². The molecule has 2 aromatic heterocycles. The quantitative estimate of drug-likeness (QED) is 0.103. The van der Waals surface area contributed by atoms with Crippen LogP contribution >= 0.6 is 11.6 Å². The molecule has 0 bridgehead atoms. The minimum atomic E-state index is -1.13. The lowest BCUT2D eigenvalue weighted by molar-refractivity contribution is -0.140. The number of ether oxygens (including phenoxy) is 1. The Morgan fingerprint density at radius 3 is 1.97 bits per heavy atom. The lowest BCUT2D eigenvalue weighted by Gasteiger charge is -2.35. The van der Waals surface area contributed by atoms with E-state index in [0.29, 0.717) is 28.5 Å². The molecule has 0 radical (unpaired) electrons. The third kappa shape index (κ3) is 7.38. The Bertz CT molecular complexity index is 2530. The van der Waals surface area contributed by atoms with Crippen molar-refractivity contribution in [1.82, 2.24) is 40.0 Å². The Balaban J connectivity index is 0.898. The molecule has 2 aliphatic carbocycles. The number of nitrogens with one attached hydrogen (secondary N) is 3. The van der Waals surface area contributed by atoms with Gasteiger partial charge in [-0.2, -0.15) is 0 Å². The average molecular weight is 847 g/mol. The second kappa shape index (κ2) is 15.5. The van der Waals surface area contributed by atoms with Gasteiger partial charge in [0.25, 0.3) is 0 Å². The number of methoxy groups -OCH3 is 1. The molecule has 8 atom stereocenters. The van der Waals surface area contributed by atoms with Crippen molar-refractivity contribution >= 4 is 46.4 Å². The number of nitrogens with zero attached hydrogens (tertiary/aromatic N) is 5. The molecule has 4 fully saturated rings. The zero-order valence-electron chi connectivity index (χ0n) is 35.1. The van der Waals surface area contributed by atoms with Crippen LogP contribution in [0.2, 0.25) is 5.15 Å². The Kier molecular flexibility index (Phi) is 10.3. The first-order valence-electron chi connectivity index (χ1n) is 21.1. The van der Waals surface area contributed by atoms with Gasteiger partial charge in [-0.1, -0.05) is 87.8 Å². The van der Waals surface area contributed by atoms with Gasteiger partial charge >= 0.3 is 12.2 Å². The maximum atomic E-state index is 13.9. The van der Waals surface area contributed by atoms with E-state index in [1.807, 2.05) is 49.8 Å². The summed E-state index contributed by atoms with van der Waals surface area (Å²) in [6, 6.07) is 19.0. The second-order valence-electron chi connectivity index (χ2n) is 17.9. The number of H-pyrrole nitrogens is 2. The third-order valence-electron chi connectivity index (χ3n) is 13.3. The Morgan fingerprint density at radius 2 is 1.36 bits per heavy atom. The normalized spacial score (nSPS) is 23.5. The number of likely N-dealkylation sites (tertiary alicyclic amines) is 2. The van der Waals surface area contributed by atoms with Crippen molar-refractivity contribution in [2.24, 2.45) is 23.7 Å². The number of aromatic nitrogens is 4. The third-order valence-corrected chi connectivity index (χ3v) is 13.5. The molecular formula is C46H51ClN8O6. The van der Waals surface area contributed by atoms with Crippen molar-refractivity contribution < 1.29 is 29.0 Å². The number of halogens is 1. The number of likely N-dealkylation sites (N-methyl/N-ethyl adjacent to an activating group) is 1. The van der Waals surface area contributed by atoms with Crippen LogP contribution in [-0.4, -0.2) is 102 Å². The number of carbonyl (C=O) groups excluding carboxylic acids is 3. The summed E-state index contributed by atoms with van der Waals surface area (Å²) >= 11 is 6.78. The molecule has 15 heteroatoms. The lowest BCUT2D eigenvalue weighted by atomic mass is 9.98. The van der Waals surface area contributed by atoms with Crippen LogP contribution < -0.4 is 5.32 Å². The van der Waals surface area contributed by atoms with Crippen LogP contribution in [0.1, 0.15) is 77.1 Å². The van der Waals surface area contributed by atoms with Crippen molar-refractivity contribution in [1.29, 1.82) is 0 Å². The highest BCUT2D eigenvalue weighted by atomic mass is 35.5. The Morgan fingerprint density at radius 1 is 0.787 bits per heavy atom. The van der Waals surface area contributed by atoms with Crippen molar-refractivity contribution in [3.05, 3.63) is 83.7 Å². The molecule has 4 aliphatic rings. The number of rotatable bonds is 11. The van der Waals surface area contributed by atoms with Crippen molar-refractivity contribution in [3.8, 4) is 33.6 Å². The predicted octanol–water partition coefficient (Wildman–Crippen LogP) is 8.28. The first-order chi connectivity index (χ1) is 29.2. The summed E-state index contributed by atoms with van der Waals surface area (Å²) < 4.78 is 4.80. The van der Waals surface area contributed by atoms with Crippen LogP contribution in [0.15, 0.2) is 66.9 Å². The summed E-state index contributed by atoms with van der Waals surface area (Å²) in [5.41, 5.74) is 5.42. The fourth-order valence-corrected chi connectivity index (χ4v) is 10.1. The molecule has 318 valence electrons. The van der Waals surface area contributed by atoms with Gasteiger partial charge in [-0.3, -0.25) is 14.5 Å². The highest BCUT2D eigenvalue weighted by molar-refractivity contribution is 6.32. The molecule has 2 saturated carbocycles. The lowest BCUT2D eigenvalue weighted by Crippen LogP contribution is -2.52. The predicted molar refractivity (Wildman–Crippen MR) is 230 cm³/mol. The highest BCUT2D eigenvalue weighted by Gasteiger charge is 2.58. The molecule has 61 heavy (non-hydrogen) atoms.